The average molecular weight is 261 g/mol. The lowest BCUT2D eigenvalue weighted by atomic mass is 10.2. The molecule has 0 fully saturated rings. The Kier molecular flexibility index (Phi) is 3.02. The van der Waals surface area contributed by atoms with Crippen molar-refractivity contribution in [3.63, 3.8) is 0 Å². The van der Waals surface area contributed by atoms with Crippen LogP contribution >= 0.6 is 0 Å². The summed E-state index contributed by atoms with van der Waals surface area (Å²) in [5.74, 6) is -1.47. The highest BCUT2D eigenvalue weighted by Gasteiger charge is 2.12. The molecule has 8 N–H and O–H groups in total. The Morgan fingerprint density at radius 2 is 2.05 bits per heavy atom. The summed E-state index contributed by atoms with van der Waals surface area (Å²) in [7, 11) is 0. The highest BCUT2D eigenvalue weighted by molar-refractivity contribution is 6.02. The van der Waals surface area contributed by atoms with Crippen LogP contribution < -0.4 is 17.2 Å². The number of hydrogen-bond acceptors (Lipinski definition) is 3. The summed E-state index contributed by atoms with van der Waals surface area (Å²) in [6.07, 6.45) is 0. The van der Waals surface area contributed by atoms with Gasteiger partial charge in [-0.3, -0.25) is 5.10 Å². The number of carbonyl (C=O) groups is 1. The lowest BCUT2D eigenvalue weighted by Gasteiger charge is -1.97. The minimum atomic E-state index is -1.13. The Bertz CT molecular complexity index is 697. The van der Waals surface area contributed by atoms with Crippen molar-refractivity contribution in [2.45, 2.75) is 0 Å². The first kappa shape index (κ1) is 12.4. The highest BCUT2D eigenvalue weighted by Crippen LogP contribution is 2.22. The van der Waals surface area contributed by atoms with E-state index in [0.717, 1.165) is 0 Å². The normalized spacial score (nSPS) is 11.5. The van der Waals surface area contributed by atoms with E-state index in [2.05, 4.69) is 20.2 Å². The van der Waals surface area contributed by atoms with Crippen molar-refractivity contribution in [2.75, 3.05) is 0 Å². The number of benzene rings is 1. The van der Waals surface area contributed by atoms with Gasteiger partial charge in [-0.1, -0.05) is 0 Å². The van der Waals surface area contributed by atoms with E-state index >= 15 is 0 Å². The SMILES string of the molecule is NC(N)=NC(N)=Nc1ccc2[nH]nc(C(=O)O)c2c1. The summed E-state index contributed by atoms with van der Waals surface area (Å²) >= 11 is 0. The Morgan fingerprint density at radius 1 is 1.32 bits per heavy atom. The summed E-state index contributed by atoms with van der Waals surface area (Å²) in [4.78, 5) is 18.5. The third kappa shape index (κ3) is 2.60. The van der Waals surface area contributed by atoms with Crippen LogP contribution in [0.2, 0.25) is 0 Å². The summed E-state index contributed by atoms with van der Waals surface area (Å²) < 4.78 is 0. The summed E-state index contributed by atoms with van der Waals surface area (Å²) in [5, 5.41) is 15.7. The third-order valence-corrected chi connectivity index (χ3v) is 2.24. The number of nitrogens with zero attached hydrogens (tertiary/aromatic N) is 3. The minimum Gasteiger partial charge on any atom is -0.476 e. The fraction of sp³-hybridized carbons (Fsp3) is 0. The van der Waals surface area contributed by atoms with Gasteiger partial charge in [0.05, 0.1) is 11.2 Å². The van der Waals surface area contributed by atoms with Crippen molar-refractivity contribution in [3.8, 4) is 0 Å². The summed E-state index contributed by atoms with van der Waals surface area (Å²) in [6, 6.07) is 4.79. The number of hydrogen-bond donors (Lipinski definition) is 5. The second kappa shape index (κ2) is 4.64. The molecule has 0 unspecified atom stereocenters. The zero-order valence-corrected chi connectivity index (χ0v) is 9.66. The number of aromatic carboxylic acids is 1. The van der Waals surface area contributed by atoms with Crippen LogP contribution in [0, 0.1) is 0 Å². The number of aliphatic imine (C=N–C) groups is 2. The molecule has 0 radical (unpaired) electrons. The predicted octanol–water partition coefficient (Wildman–Crippen LogP) is -0.519. The lowest BCUT2D eigenvalue weighted by molar-refractivity contribution is 0.0692. The molecule has 0 saturated carbocycles. The first-order valence-electron chi connectivity index (χ1n) is 5.12. The van der Waals surface area contributed by atoms with E-state index in [-0.39, 0.29) is 17.6 Å². The van der Waals surface area contributed by atoms with Gasteiger partial charge in [-0.05, 0) is 18.2 Å². The zero-order valence-electron chi connectivity index (χ0n) is 9.66. The van der Waals surface area contributed by atoms with E-state index in [0.29, 0.717) is 16.6 Å². The number of rotatable bonds is 2. The van der Waals surface area contributed by atoms with Crippen LogP contribution in [0.4, 0.5) is 5.69 Å². The Morgan fingerprint density at radius 3 is 2.68 bits per heavy atom. The van der Waals surface area contributed by atoms with Crippen LogP contribution in [0.1, 0.15) is 10.5 Å². The second-order valence-corrected chi connectivity index (χ2v) is 3.61. The molecule has 0 saturated heterocycles. The Hall–Kier alpha value is -3.10. The second-order valence-electron chi connectivity index (χ2n) is 3.61. The molecular weight excluding hydrogens is 250 g/mol. The van der Waals surface area contributed by atoms with Gasteiger partial charge in [0.25, 0.3) is 0 Å². The van der Waals surface area contributed by atoms with Gasteiger partial charge < -0.3 is 22.3 Å². The standard InChI is InChI=1S/C10H11N7O2/c11-9(12)15-10(13)14-4-1-2-6-5(3-4)7(8(18)19)17-16-6/h1-3H,(H,16,17)(H,18,19)(H6,11,12,13,14,15). The molecule has 1 heterocycles. The molecule has 0 aliphatic heterocycles. The fourth-order valence-electron chi connectivity index (χ4n) is 1.52. The first-order valence-corrected chi connectivity index (χ1v) is 5.12. The van der Waals surface area contributed by atoms with Crippen molar-refractivity contribution in [2.24, 2.45) is 27.2 Å². The number of fused-ring (bicyclic) bond motifs is 1. The predicted molar refractivity (Wildman–Crippen MR) is 70.1 cm³/mol. The number of aromatic nitrogens is 2. The minimum absolute atomic E-state index is 0.0903. The van der Waals surface area contributed by atoms with Crippen molar-refractivity contribution in [3.05, 3.63) is 23.9 Å². The van der Waals surface area contributed by atoms with E-state index in [4.69, 9.17) is 22.3 Å². The van der Waals surface area contributed by atoms with Gasteiger partial charge in [-0.25, -0.2) is 9.79 Å². The molecule has 9 nitrogen and oxygen atoms in total. The maximum absolute atomic E-state index is 11.0. The van der Waals surface area contributed by atoms with Crippen LogP contribution in [-0.2, 0) is 0 Å². The molecule has 0 bridgehead atoms. The number of aromatic amines is 1. The average Bonchev–Trinajstić information content (AvgIpc) is 2.70. The van der Waals surface area contributed by atoms with Gasteiger partial charge in [0.1, 0.15) is 0 Å². The highest BCUT2D eigenvalue weighted by atomic mass is 16.4. The summed E-state index contributed by atoms with van der Waals surface area (Å²) in [6.45, 7) is 0. The van der Waals surface area contributed by atoms with Gasteiger partial charge in [0, 0.05) is 5.39 Å². The summed E-state index contributed by atoms with van der Waals surface area (Å²) in [5.41, 5.74) is 16.7. The molecule has 1 aromatic heterocycles. The number of carboxylic acid groups (broad SMARTS) is 1. The van der Waals surface area contributed by atoms with Crippen molar-refractivity contribution < 1.29 is 9.90 Å². The molecule has 19 heavy (non-hydrogen) atoms. The number of nitrogens with two attached hydrogens (primary N) is 3. The maximum atomic E-state index is 11.0. The van der Waals surface area contributed by atoms with E-state index in [9.17, 15) is 4.79 Å². The molecule has 0 aliphatic rings. The fourth-order valence-corrected chi connectivity index (χ4v) is 1.52. The van der Waals surface area contributed by atoms with Gasteiger partial charge in [0.2, 0.25) is 5.96 Å². The molecule has 0 amide bonds. The van der Waals surface area contributed by atoms with Crippen LogP contribution in [0.25, 0.3) is 10.9 Å². The Balaban J connectivity index is 2.49. The molecule has 2 rings (SSSR count). The topological polar surface area (TPSA) is 169 Å². The van der Waals surface area contributed by atoms with Crippen molar-refractivity contribution >= 4 is 34.5 Å². The van der Waals surface area contributed by atoms with E-state index in [1.54, 1.807) is 12.1 Å². The van der Waals surface area contributed by atoms with E-state index < -0.39 is 5.97 Å². The number of nitrogens with one attached hydrogen (secondary N) is 1. The first-order chi connectivity index (χ1) is 8.97. The van der Waals surface area contributed by atoms with E-state index in [1.165, 1.54) is 6.07 Å². The van der Waals surface area contributed by atoms with Crippen LogP contribution in [0.3, 0.4) is 0 Å². The molecular formula is C10H11N7O2. The molecule has 0 spiro atoms. The van der Waals surface area contributed by atoms with Crippen molar-refractivity contribution in [1.82, 2.24) is 10.2 Å². The maximum Gasteiger partial charge on any atom is 0.357 e. The number of carboxylic acids is 1. The van der Waals surface area contributed by atoms with Crippen LogP contribution in [0.15, 0.2) is 28.2 Å². The van der Waals surface area contributed by atoms with E-state index in [1.807, 2.05) is 0 Å². The monoisotopic (exact) mass is 261 g/mol. The molecule has 98 valence electrons. The van der Waals surface area contributed by atoms with Crippen LogP contribution in [-0.4, -0.2) is 33.2 Å². The lowest BCUT2D eigenvalue weighted by Crippen LogP contribution is -2.26. The molecule has 1 aromatic carbocycles. The number of guanidine groups is 2. The van der Waals surface area contributed by atoms with Gasteiger partial charge in [-0.2, -0.15) is 10.1 Å². The van der Waals surface area contributed by atoms with Crippen molar-refractivity contribution in [1.29, 1.82) is 0 Å². The molecule has 0 atom stereocenters. The molecule has 2 aromatic rings. The van der Waals surface area contributed by atoms with Gasteiger partial charge >= 0.3 is 5.97 Å². The zero-order chi connectivity index (χ0) is 14.0. The molecule has 9 heteroatoms. The quantitative estimate of drug-likeness (QED) is 0.360. The van der Waals surface area contributed by atoms with Gasteiger partial charge in [-0.15, -0.1) is 0 Å². The third-order valence-electron chi connectivity index (χ3n) is 2.24. The Labute approximate surface area is 106 Å². The van der Waals surface area contributed by atoms with Gasteiger partial charge in [0.15, 0.2) is 11.7 Å². The largest absolute Gasteiger partial charge is 0.476 e. The van der Waals surface area contributed by atoms with Crippen LogP contribution in [0.5, 0.6) is 0 Å². The smallest absolute Gasteiger partial charge is 0.357 e. The molecule has 0 aliphatic carbocycles. The number of H-pyrrole nitrogens is 1.